The normalized spacial score (nSPS) is 17.9. The van der Waals surface area contributed by atoms with E-state index in [0.29, 0.717) is 18.0 Å². The fourth-order valence-corrected chi connectivity index (χ4v) is 5.42. The number of nitrogens with one attached hydrogen (secondary N) is 1. The van der Waals surface area contributed by atoms with Crippen LogP contribution >= 0.6 is 11.3 Å². The molecule has 0 unspecified atom stereocenters. The largest absolute Gasteiger partial charge is 0.482 e. The molecule has 0 atom stereocenters. The first-order valence-corrected chi connectivity index (χ1v) is 12.3. The first-order valence-electron chi connectivity index (χ1n) is 11.4. The number of hydrogen-bond acceptors (Lipinski definition) is 6. The van der Waals surface area contributed by atoms with Crippen LogP contribution in [0.4, 0.5) is 11.4 Å². The number of aromatic nitrogens is 1. The molecule has 1 N–H and O–H groups in total. The zero-order valence-corrected chi connectivity index (χ0v) is 20.8. The van der Waals surface area contributed by atoms with Gasteiger partial charge in [-0.1, -0.05) is 38.1 Å². The molecule has 0 radical (unpaired) electrons. The second-order valence-corrected chi connectivity index (χ2v) is 9.75. The topological polar surface area (TPSA) is 71.2 Å². The average Bonchev–Trinajstić information content (AvgIpc) is 3.34. The number of amides is 1. The fourth-order valence-electron chi connectivity index (χ4n) is 4.58. The third-order valence-corrected chi connectivity index (χ3v) is 7.16. The molecule has 0 spiro atoms. The Kier molecular flexibility index (Phi) is 5.90. The molecule has 0 aliphatic carbocycles. The molecule has 0 saturated carbocycles. The van der Waals surface area contributed by atoms with Gasteiger partial charge in [-0.15, -0.1) is 17.9 Å². The minimum absolute atomic E-state index is 0.0308. The van der Waals surface area contributed by atoms with Gasteiger partial charge in [-0.05, 0) is 35.9 Å². The van der Waals surface area contributed by atoms with Crippen LogP contribution in [0.2, 0.25) is 0 Å². The number of benzene rings is 2. The molecule has 2 aliphatic rings. The van der Waals surface area contributed by atoms with E-state index < -0.39 is 0 Å². The summed E-state index contributed by atoms with van der Waals surface area (Å²) in [7, 11) is 2.09. The zero-order chi connectivity index (χ0) is 24.6. The lowest BCUT2D eigenvalue weighted by molar-refractivity contribution is -0.118. The number of carbonyl (C=O) groups is 1. The van der Waals surface area contributed by atoms with Crippen LogP contribution in [0.25, 0.3) is 11.3 Å². The maximum atomic E-state index is 11.8. The van der Waals surface area contributed by atoms with Gasteiger partial charge in [-0.2, -0.15) is 5.10 Å². The SMILES string of the molecule is C=CCN=c1scc(-c2ccc3c(c2)NC(=O)CO3)n1N=CC=C1N(C)c2ccccc2C1(C)C. The van der Waals surface area contributed by atoms with Gasteiger partial charge in [0.2, 0.25) is 4.80 Å². The summed E-state index contributed by atoms with van der Waals surface area (Å²) in [4.78, 5) is 19.4. The molecule has 0 bridgehead atoms. The molecule has 7 nitrogen and oxygen atoms in total. The lowest BCUT2D eigenvalue weighted by atomic mass is 9.84. The van der Waals surface area contributed by atoms with Crippen LogP contribution in [0.15, 0.2) is 82.4 Å². The van der Waals surface area contributed by atoms with E-state index in [9.17, 15) is 4.79 Å². The number of hydrogen-bond donors (Lipinski definition) is 1. The maximum Gasteiger partial charge on any atom is 0.262 e. The van der Waals surface area contributed by atoms with Gasteiger partial charge in [0.15, 0.2) is 6.61 Å². The Bertz CT molecular complexity index is 1440. The Morgan fingerprint density at radius 3 is 2.89 bits per heavy atom. The van der Waals surface area contributed by atoms with Gasteiger partial charge in [0.25, 0.3) is 5.91 Å². The van der Waals surface area contributed by atoms with Crippen LogP contribution < -0.4 is 19.8 Å². The number of thiazole rings is 1. The first kappa shape index (κ1) is 22.9. The number of allylic oxidation sites excluding steroid dienone is 2. The Labute approximate surface area is 208 Å². The smallest absolute Gasteiger partial charge is 0.262 e. The number of fused-ring (bicyclic) bond motifs is 2. The predicted octanol–water partition coefficient (Wildman–Crippen LogP) is 4.78. The number of likely N-dealkylation sites (N-methyl/N-ethyl adjacent to an activating group) is 1. The van der Waals surface area contributed by atoms with E-state index in [1.165, 1.54) is 22.6 Å². The van der Waals surface area contributed by atoms with E-state index in [2.05, 4.69) is 73.0 Å². The molecule has 3 aromatic rings. The average molecular weight is 486 g/mol. The third kappa shape index (κ3) is 4.10. The van der Waals surface area contributed by atoms with Gasteiger partial charge in [-0.25, -0.2) is 4.68 Å². The number of para-hydroxylation sites is 1. The lowest BCUT2D eigenvalue weighted by Gasteiger charge is -2.23. The predicted molar refractivity (Wildman–Crippen MR) is 142 cm³/mol. The van der Waals surface area contributed by atoms with E-state index in [-0.39, 0.29) is 17.9 Å². The van der Waals surface area contributed by atoms with Crippen molar-refractivity contribution in [3.63, 3.8) is 0 Å². The van der Waals surface area contributed by atoms with Crippen LogP contribution in [0.1, 0.15) is 19.4 Å². The molecule has 1 amide bonds. The molecule has 2 aromatic carbocycles. The van der Waals surface area contributed by atoms with E-state index in [1.54, 1.807) is 6.08 Å². The van der Waals surface area contributed by atoms with Crippen LogP contribution in [0, 0.1) is 0 Å². The maximum absolute atomic E-state index is 11.8. The number of rotatable bonds is 5. The van der Waals surface area contributed by atoms with Crippen molar-refractivity contribution in [2.75, 3.05) is 30.4 Å². The number of nitrogens with zero attached hydrogens (tertiary/aromatic N) is 4. The van der Waals surface area contributed by atoms with Crippen molar-refractivity contribution in [2.45, 2.75) is 19.3 Å². The summed E-state index contributed by atoms with van der Waals surface area (Å²) in [6.07, 6.45) is 5.65. The van der Waals surface area contributed by atoms with Crippen LogP contribution in [0.3, 0.4) is 0 Å². The van der Waals surface area contributed by atoms with Crippen LogP contribution in [-0.4, -0.2) is 37.0 Å². The van der Waals surface area contributed by atoms with Crippen LogP contribution in [0.5, 0.6) is 5.75 Å². The zero-order valence-electron chi connectivity index (χ0n) is 20.0. The van der Waals surface area contributed by atoms with Crippen molar-refractivity contribution in [2.24, 2.45) is 10.1 Å². The molecule has 2 aliphatic heterocycles. The number of carbonyl (C=O) groups excluding carboxylic acids is 1. The van der Waals surface area contributed by atoms with Gasteiger partial charge in [0, 0.05) is 41.0 Å². The summed E-state index contributed by atoms with van der Waals surface area (Å²) in [6.45, 7) is 8.76. The van der Waals surface area contributed by atoms with Gasteiger partial charge >= 0.3 is 0 Å². The van der Waals surface area contributed by atoms with Crippen molar-refractivity contribution in [3.8, 4) is 17.0 Å². The fraction of sp³-hybridized carbons (Fsp3) is 0.222. The highest BCUT2D eigenvalue weighted by molar-refractivity contribution is 7.07. The molecule has 178 valence electrons. The van der Waals surface area contributed by atoms with Crippen molar-refractivity contribution in [1.82, 2.24) is 4.68 Å². The Morgan fingerprint density at radius 2 is 2.09 bits per heavy atom. The van der Waals surface area contributed by atoms with Crippen LogP contribution in [-0.2, 0) is 10.2 Å². The highest BCUT2D eigenvalue weighted by atomic mass is 32.1. The van der Waals surface area contributed by atoms with E-state index in [4.69, 9.17) is 9.84 Å². The second-order valence-electron chi connectivity index (χ2n) is 8.91. The molecule has 0 saturated heterocycles. The van der Waals surface area contributed by atoms with E-state index >= 15 is 0 Å². The van der Waals surface area contributed by atoms with E-state index in [1.807, 2.05) is 34.5 Å². The highest BCUT2D eigenvalue weighted by Gasteiger charge is 2.37. The molecule has 5 rings (SSSR count). The number of ether oxygens (including phenoxy) is 1. The van der Waals surface area contributed by atoms with Crippen molar-refractivity contribution < 1.29 is 9.53 Å². The lowest BCUT2D eigenvalue weighted by Crippen LogP contribution is -2.25. The first-order chi connectivity index (χ1) is 16.9. The molecular weight excluding hydrogens is 458 g/mol. The monoisotopic (exact) mass is 485 g/mol. The molecule has 8 heteroatoms. The van der Waals surface area contributed by atoms with Gasteiger partial charge in [0.05, 0.1) is 17.9 Å². The summed E-state index contributed by atoms with van der Waals surface area (Å²) in [5.41, 5.74) is 5.97. The third-order valence-electron chi connectivity index (χ3n) is 6.30. The number of anilines is 2. The minimum Gasteiger partial charge on any atom is -0.482 e. The van der Waals surface area contributed by atoms with Crippen molar-refractivity contribution in [1.29, 1.82) is 0 Å². The molecule has 0 fully saturated rings. The second kappa shape index (κ2) is 9.03. The summed E-state index contributed by atoms with van der Waals surface area (Å²) in [5, 5.41) is 9.69. The van der Waals surface area contributed by atoms with Gasteiger partial charge in [-0.3, -0.25) is 9.79 Å². The summed E-state index contributed by atoms with van der Waals surface area (Å²) < 4.78 is 7.33. The molecule has 1 aromatic heterocycles. The summed E-state index contributed by atoms with van der Waals surface area (Å²) in [6, 6.07) is 14.2. The molecule has 3 heterocycles. The van der Waals surface area contributed by atoms with Crippen molar-refractivity contribution >= 4 is 34.8 Å². The Morgan fingerprint density at radius 1 is 1.26 bits per heavy atom. The summed E-state index contributed by atoms with van der Waals surface area (Å²) >= 11 is 1.51. The quantitative estimate of drug-likeness (QED) is 0.418. The van der Waals surface area contributed by atoms with Crippen molar-refractivity contribution in [3.05, 3.63) is 82.6 Å². The molecular formula is C27H27N5O2S. The highest BCUT2D eigenvalue weighted by Crippen LogP contribution is 2.46. The standard InChI is InChI=1S/C27H27N5O2S/c1-5-13-28-26-32(22(17-35-26)18-10-11-23-20(15-18)30-25(33)16-34-23)29-14-12-24-27(2,3)19-8-6-7-9-21(19)31(24)4/h5-12,14-15,17H,1,13,16H2,2-4H3,(H,30,33). The van der Waals surface area contributed by atoms with Gasteiger partial charge < -0.3 is 15.0 Å². The van der Waals surface area contributed by atoms with Gasteiger partial charge in [0.1, 0.15) is 5.75 Å². The summed E-state index contributed by atoms with van der Waals surface area (Å²) in [5.74, 6) is 0.495. The molecule has 35 heavy (non-hydrogen) atoms. The van der Waals surface area contributed by atoms with E-state index in [0.717, 1.165) is 21.8 Å². The Balaban J connectivity index is 1.54. The minimum atomic E-state index is -0.163. The Hall–Kier alpha value is -3.91.